The first kappa shape index (κ1) is 21.5. The van der Waals surface area contributed by atoms with Crippen LogP contribution in [0.3, 0.4) is 0 Å². The summed E-state index contributed by atoms with van der Waals surface area (Å²) in [7, 11) is -1.98. The highest BCUT2D eigenvalue weighted by Crippen LogP contribution is 2.59. The number of hydrogen-bond acceptors (Lipinski definition) is 2. The van der Waals surface area contributed by atoms with Crippen LogP contribution in [0, 0.1) is 17.8 Å². The van der Waals surface area contributed by atoms with E-state index in [0.29, 0.717) is 29.2 Å². The van der Waals surface area contributed by atoms with Crippen LogP contribution >= 0.6 is 0 Å². The second-order valence-corrected chi connectivity index (χ2v) is 15.3. The summed E-state index contributed by atoms with van der Waals surface area (Å²) in [5.41, 5.74) is 7.25. The van der Waals surface area contributed by atoms with Crippen LogP contribution in [0.1, 0.15) is 24.8 Å². The third kappa shape index (κ3) is 3.37. The quantitative estimate of drug-likeness (QED) is 0.392. The molecule has 0 bridgehead atoms. The molecule has 0 radical (unpaired) electrons. The van der Waals surface area contributed by atoms with Crippen LogP contribution in [0.2, 0.25) is 18.6 Å². The van der Waals surface area contributed by atoms with Gasteiger partial charge in [0.15, 0.2) is 8.24 Å². The summed E-state index contributed by atoms with van der Waals surface area (Å²) in [6, 6.07) is 28.9. The Morgan fingerprint density at radius 3 is 2.03 bits per heavy atom. The number of allylic oxidation sites excluding steroid dienone is 4. The first-order chi connectivity index (χ1) is 16.6. The van der Waals surface area contributed by atoms with Gasteiger partial charge in [-0.15, -0.1) is 0 Å². The summed E-state index contributed by atoms with van der Waals surface area (Å²) in [5, 5.41) is 3.70. The maximum absolute atomic E-state index is 3.70. The molecule has 34 heavy (non-hydrogen) atoms. The molecule has 2 aliphatic carbocycles. The van der Waals surface area contributed by atoms with Gasteiger partial charge in [-0.3, -0.25) is 0 Å². The van der Waals surface area contributed by atoms with Crippen molar-refractivity contribution in [3.05, 3.63) is 109 Å². The Bertz CT molecular complexity index is 1200. The van der Waals surface area contributed by atoms with Crippen molar-refractivity contribution in [3.63, 3.8) is 0 Å². The topological polar surface area (TPSA) is 15.3 Å². The van der Waals surface area contributed by atoms with E-state index in [4.69, 9.17) is 0 Å². The summed E-state index contributed by atoms with van der Waals surface area (Å²) < 4.78 is 2.77. The molecule has 1 fully saturated rings. The average molecular weight is 463 g/mol. The zero-order valence-corrected chi connectivity index (χ0v) is 21.4. The van der Waals surface area contributed by atoms with Crippen molar-refractivity contribution >= 4 is 31.0 Å². The van der Waals surface area contributed by atoms with E-state index in [1.165, 1.54) is 34.7 Å². The van der Waals surface area contributed by atoms with Gasteiger partial charge in [-0.2, -0.15) is 0 Å². The summed E-state index contributed by atoms with van der Waals surface area (Å²) >= 11 is 0. The van der Waals surface area contributed by atoms with E-state index in [1.807, 2.05) is 0 Å². The van der Waals surface area contributed by atoms with Crippen molar-refractivity contribution in [2.45, 2.75) is 37.9 Å². The van der Waals surface area contributed by atoms with Gasteiger partial charge in [-0.1, -0.05) is 98.9 Å². The van der Waals surface area contributed by atoms with Crippen molar-refractivity contribution in [1.82, 2.24) is 0 Å². The Hall–Kier alpha value is -3.04. The van der Waals surface area contributed by atoms with Gasteiger partial charge in [0.1, 0.15) is 0 Å². The molecule has 0 aromatic heterocycles. The van der Waals surface area contributed by atoms with E-state index in [1.54, 1.807) is 0 Å². The van der Waals surface area contributed by atoms with Gasteiger partial charge in [0.2, 0.25) is 0 Å². The molecule has 1 N–H and O–H groups in total. The highest BCUT2D eigenvalue weighted by Gasteiger charge is 2.54. The third-order valence-electron chi connectivity index (χ3n) is 8.53. The summed E-state index contributed by atoms with van der Waals surface area (Å²) in [6.45, 7) is 7.74. The molecule has 0 saturated heterocycles. The summed E-state index contributed by atoms with van der Waals surface area (Å²) in [4.78, 5) is 0. The molecule has 1 unspecified atom stereocenters. The molecule has 6 rings (SSSR count). The molecule has 1 aliphatic heterocycles. The molecule has 0 spiro atoms. The lowest BCUT2D eigenvalue weighted by Crippen LogP contribution is -2.53. The fourth-order valence-corrected chi connectivity index (χ4v) is 12.1. The smallest absolute Gasteiger partial charge is 0.160 e. The summed E-state index contributed by atoms with van der Waals surface area (Å²) in [5.74, 6) is 2.41. The number of para-hydroxylation sites is 4. The van der Waals surface area contributed by atoms with Crippen molar-refractivity contribution < 1.29 is 0 Å². The van der Waals surface area contributed by atoms with E-state index in [0.717, 1.165) is 0 Å². The summed E-state index contributed by atoms with van der Waals surface area (Å²) in [6.07, 6.45) is 10.9. The van der Waals surface area contributed by atoms with E-state index in [-0.39, 0.29) is 0 Å². The van der Waals surface area contributed by atoms with Crippen LogP contribution in [-0.4, -0.2) is 8.24 Å². The monoisotopic (exact) mass is 462 g/mol. The second-order valence-electron chi connectivity index (χ2n) is 10.8. The fraction of sp³-hybridized carbons (Fsp3) is 0.290. The minimum Gasteiger partial charge on any atom is -0.366 e. The normalized spacial score (nSPS) is 27.4. The highest BCUT2D eigenvalue weighted by atomic mass is 28.3. The number of benzene rings is 3. The predicted octanol–water partition coefficient (Wildman–Crippen LogP) is 8.64. The third-order valence-corrected chi connectivity index (χ3v) is 12.7. The molecule has 3 aromatic carbocycles. The van der Waals surface area contributed by atoms with E-state index >= 15 is 0 Å². The number of anilines is 4. The molecule has 1 saturated carbocycles. The lowest BCUT2D eigenvalue weighted by molar-refractivity contribution is 0.414. The van der Waals surface area contributed by atoms with Gasteiger partial charge in [0.05, 0.1) is 22.7 Å². The van der Waals surface area contributed by atoms with E-state index in [2.05, 4.69) is 133 Å². The van der Waals surface area contributed by atoms with Gasteiger partial charge in [-0.25, -0.2) is 0 Å². The molecule has 3 heteroatoms. The average Bonchev–Trinajstić information content (AvgIpc) is 3.06. The minimum absolute atomic E-state index is 0.487. The predicted molar refractivity (Wildman–Crippen MR) is 148 cm³/mol. The largest absolute Gasteiger partial charge is 0.366 e. The second kappa shape index (κ2) is 8.32. The van der Waals surface area contributed by atoms with Crippen LogP contribution in [0.15, 0.2) is 103 Å². The number of nitrogens with zero attached hydrogens (tertiary/aromatic N) is 1. The zero-order chi connectivity index (χ0) is 23.3. The van der Waals surface area contributed by atoms with Crippen molar-refractivity contribution in [1.29, 1.82) is 0 Å². The lowest BCUT2D eigenvalue weighted by Gasteiger charge is -2.49. The number of rotatable bonds is 3. The minimum atomic E-state index is -1.98. The molecule has 5 atom stereocenters. The fourth-order valence-electron chi connectivity index (χ4n) is 7.34. The van der Waals surface area contributed by atoms with Gasteiger partial charge in [0.25, 0.3) is 0 Å². The maximum Gasteiger partial charge on any atom is 0.160 e. The number of hydrogen-bond donors (Lipinski definition) is 1. The first-order valence-electron chi connectivity index (χ1n) is 12.7. The van der Waals surface area contributed by atoms with Crippen LogP contribution in [-0.2, 0) is 0 Å². The van der Waals surface area contributed by atoms with Gasteiger partial charge in [0, 0.05) is 5.92 Å². The van der Waals surface area contributed by atoms with Crippen molar-refractivity contribution in [3.8, 4) is 0 Å². The van der Waals surface area contributed by atoms with E-state index in [9.17, 15) is 0 Å². The van der Waals surface area contributed by atoms with Crippen LogP contribution < -0.4 is 9.88 Å². The molecule has 3 aliphatic rings. The lowest BCUT2D eigenvalue weighted by atomic mass is 9.80. The van der Waals surface area contributed by atoms with E-state index < -0.39 is 8.24 Å². The number of fused-ring (bicyclic) bond motifs is 3. The molecule has 3 aromatic rings. The Morgan fingerprint density at radius 2 is 1.35 bits per heavy atom. The number of nitrogens with one attached hydrogen (secondary N) is 1. The van der Waals surface area contributed by atoms with Gasteiger partial charge < -0.3 is 9.88 Å². The van der Waals surface area contributed by atoms with Crippen molar-refractivity contribution in [2.75, 3.05) is 9.88 Å². The molecular weight excluding hydrogens is 428 g/mol. The molecule has 0 amide bonds. The van der Waals surface area contributed by atoms with Crippen LogP contribution in [0.5, 0.6) is 0 Å². The first-order valence-corrected chi connectivity index (χ1v) is 15.7. The Kier molecular flexibility index (Phi) is 5.26. The molecule has 172 valence electrons. The zero-order valence-electron chi connectivity index (χ0n) is 20.4. The highest BCUT2D eigenvalue weighted by molar-refractivity contribution is 6.84. The van der Waals surface area contributed by atoms with Gasteiger partial charge >= 0.3 is 0 Å². The Morgan fingerprint density at radius 1 is 0.765 bits per heavy atom. The van der Waals surface area contributed by atoms with Gasteiger partial charge in [-0.05, 0) is 59.5 Å². The SMILES string of the molecule is C[C@@H]1C[C@H]2[C@H](C=CC=C[C@H]2c2ccccc2)C1[Si](C)(C)N1c2ccccc2Nc2ccccc21. The maximum atomic E-state index is 3.70. The van der Waals surface area contributed by atoms with Crippen LogP contribution in [0.4, 0.5) is 22.7 Å². The Balaban J connectivity index is 1.44. The van der Waals surface area contributed by atoms with Crippen molar-refractivity contribution in [2.24, 2.45) is 17.8 Å². The molecule has 2 nitrogen and oxygen atoms in total. The molecule has 1 heterocycles. The molecular formula is C31H34N2Si. The standard InChI is InChI=1S/C31H34N2Si/c1-22-21-26-24(23-13-5-4-6-14-23)15-7-8-16-25(26)31(22)34(2,3)33-29-19-11-9-17-27(29)32-28-18-10-12-20-30(28)33/h4-20,22,24-26,31-32H,21H2,1-3H3/t22-,24+,25+,26-,31?/m1/s1. The van der Waals surface area contributed by atoms with Crippen LogP contribution in [0.25, 0.3) is 0 Å². The Labute approximate surface area is 205 Å².